The van der Waals surface area contributed by atoms with Gasteiger partial charge in [-0.15, -0.1) is 10.2 Å². The molecule has 214 valence electrons. The van der Waals surface area contributed by atoms with E-state index in [1.807, 2.05) is 0 Å². The van der Waals surface area contributed by atoms with E-state index in [2.05, 4.69) is 20.4 Å². The molecule has 0 unspecified atom stereocenters. The van der Waals surface area contributed by atoms with Gasteiger partial charge in [0.05, 0.1) is 11.3 Å². The van der Waals surface area contributed by atoms with Crippen LogP contribution in [0, 0.1) is 6.92 Å². The minimum atomic E-state index is -4.84. The monoisotopic (exact) mass is 603 g/mol. The number of nitrogens with one attached hydrogen (secondary N) is 1. The lowest BCUT2D eigenvalue weighted by Gasteiger charge is -2.15. The fourth-order valence-electron chi connectivity index (χ4n) is 3.78. The van der Waals surface area contributed by atoms with Crippen LogP contribution in [0.5, 0.6) is 11.5 Å². The number of hydrogen-bond acceptors (Lipinski definition) is 12. The number of benzene rings is 4. The Morgan fingerprint density at radius 1 is 0.902 bits per heavy atom. The zero-order valence-corrected chi connectivity index (χ0v) is 22.5. The Hall–Kier alpha value is -4.61. The summed E-state index contributed by atoms with van der Waals surface area (Å²) < 4.78 is 72.8. The molecule has 0 aliphatic rings. The molecule has 0 saturated heterocycles. The van der Waals surface area contributed by atoms with Gasteiger partial charge in [-0.1, -0.05) is 24.3 Å². The van der Waals surface area contributed by atoms with E-state index >= 15 is 0 Å². The van der Waals surface area contributed by atoms with Gasteiger partial charge in [-0.05, 0) is 60.3 Å². The molecule has 14 nitrogen and oxygen atoms in total. The molecule has 0 spiro atoms. The number of para-hydroxylation sites is 1. The van der Waals surface area contributed by atoms with Crippen LogP contribution >= 0.6 is 0 Å². The Kier molecular flexibility index (Phi) is 8.22. The minimum Gasteiger partial charge on any atom is -0.505 e. The number of rotatable bonds is 9. The van der Waals surface area contributed by atoms with E-state index in [0.29, 0.717) is 11.3 Å². The Bertz CT molecular complexity index is 1890. The van der Waals surface area contributed by atoms with Crippen molar-refractivity contribution in [1.82, 2.24) is 0 Å². The molecular weight excluding hydrogens is 582 g/mol. The third-order valence-electron chi connectivity index (χ3n) is 5.66. The molecule has 0 aliphatic heterocycles. The summed E-state index contributed by atoms with van der Waals surface area (Å²) in [4.78, 5) is 14.8. The molecule has 0 heterocycles. The average molecular weight is 604 g/mol. The first kappa shape index (κ1) is 29.4. The van der Waals surface area contributed by atoms with Crippen molar-refractivity contribution in [2.45, 2.75) is 16.7 Å². The molecule has 0 bridgehead atoms. The molecule has 0 aromatic heterocycles. The summed E-state index contributed by atoms with van der Waals surface area (Å²) in [5.41, 5.74) is -1.26. The number of carbonyl (C=O) groups is 1. The SMILES string of the molecule is Cc1ccc(N=Nc2c(C(=O)OO)cc3cc(S(=O)(=O)O)c(NCOc4ccccc4)cc3c2O)c(S(=O)(=O)O)c1. The summed E-state index contributed by atoms with van der Waals surface area (Å²) in [6, 6.07) is 15.4. The molecule has 41 heavy (non-hydrogen) atoms. The summed E-state index contributed by atoms with van der Waals surface area (Å²) >= 11 is 0. The van der Waals surface area contributed by atoms with Crippen molar-refractivity contribution in [3.05, 3.63) is 77.9 Å². The number of carbonyl (C=O) groups excluding carboxylic acids is 1. The summed E-state index contributed by atoms with van der Waals surface area (Å²) in [6.07, 6.45) is 0. The Balaban J connectivity index is 1.87. The Morgan fingerprint density at radius 3 is 2.22 bits per heavy atom. The van der Waals surface area contributed by atoms with Crippen molar-refractivity contribution in [3.63, 3.8) is 0 Å². The summed E-state index contributed by atoms with van der Waals surface area (Å²) in [7, 11) is -9.58. The zero-order valence-electron chi connectivity index (χ0n) is 20.9. The molecule has 4 aromatic rings. The van der Waals surface area contributed by atoms with Crippen LogP contribution in [-0.4, -0.2) is 49.0 Å². The van der Waals surface area contributed by atoms with Gasteiger partial charge in [0.1, 0.15) is 26.9 Å². The predicted octanol–water partition coefficient (Wildman–Crippen LogP) is 4.84. The van der Waals surface area contributed by atoms with E-state index in [0.717, 1.165) is 24.3 Å². The van der Waals surface area contributed by atoms with Crippen LogP contribution < -0.4 is 10.1 Å². The van der Waals surface area contributed by atoms with Crippen LogP contribution in [-0.2, 0) is 25.1 Å². The maximum Gasteiger partial charge on any atom is 0.375 e. The van der Waals surface area contributed by atoms with Crippen LogP contribution in [0.1, 0.15) is 15.9 Å². The Morgan fingerprint density at radius 2 is 1.59 bits per heavy atom. The fraction of sp³-hybridized carbons (Fsp3) is 0.0800. The van der Waals surface area contributed by atoms with Crippen LogP contribution in [0.2, 0.25) is 0 Å². The average Bonchev–Trinajstić information content (AvgIpc) is 2.92. The summed E-state index contributed by atoms with van der Waals surface area (Å²) in [5.74, 6) is -1.73. The lowest BCUT2D eigenvalue weighted by molar-refractivity contribution is -0.182. The second-order valence-electron chi connectivity index (χ2n) is 8.47. The maximum absolute atomic E-state index is 12.3. The van der Waals surface area contributed by atoms with Gasteiger partial charge < -0.3 is 15.2 Å². The highest BCUT2D eigenvalue weighted by molar-refractivity contribution is 7.86. The number of aromatic hydroxyl groups is 1. The van der Waals surface area contributed by atoms with Crippen molar-refractivity contribution in [1.29, 1.82) is 0 Å². The Labute approximate surface area is 232 Å². The molecule has 0 amide bonds. The van der Waals surface area contributed by atoms with Gasteiger partial charge in [-0.25, -0.2) is 4.79 Å². The van der Waals surface area contributed by atoms with Crippen LogP contribution in [0.15, 0.2) is 86.7 Å². The van der Waals surface area contributed by atoms with Crippen LogP contribution in [0.4, 0.5) is 17.1 Å². The van der Waals surface area contributed by atoms with Crippen molar-refractivity contribution < 1.29 is 50.7 Å². The minimum absolute atomic E-state index is 0.0954. The van der Waals surface area contributed by atoms with Gasteiger partial charge >= 0.3 is 5.97 Å². The molecule has 4 aromatic carbocycles. The number of hydrogen-bond donors (Lipinski definition) is 5. The molecule has 0 radical (unpaired) electrons. The van der Waals surface area contributed by atoms with E-state index in [1.165, 1.54) is 12.1 Å². The molecule has 5 N–H and O–H groups in total. The van der Waals surface area contributed by atoms with Crippen molar-refractivity contribution in [2.24, 2.45) is 10.2 Å². The molecule has 16 heteroatoms. The number of phenolic OH excluding ortho intramolecular Hbond substituents is 1. The van der Waals surface area contributed by atoms with Gasteiger partial charge in [-0.2, -0.15) is 22.1 Å². The number of aryl methyl sites for hydroxylation is 1. The third-order valence-corrected chi connectivity index (χ3v) is 7.44. The molecule has 0 fully saturated rings. The van der Waals surface area contributed by atoms with E-state index in [1.54, 1.807) is 37.3 Å². The third kappa shape index (κ3) is 6.59. The number of nitrogens with zero attached hydrogens (tertiary/aromatic N) is 2. The molecule has 4 rings (SSSR count). The largest absolute Gasteiger partial charge is 0.505 e. The first-order chi connectivity index (χ1) is 19.3. The van der Waals surface area contributed by atoms with Crippen molar-refractivity contribution in [2.75, 3.05) is 12.0 Å². The summed E-state index contributed by atoms with van der Waals surface area (Å²) in [6.45, 7) is 1.31. The van der Waals surface area contributed by atoms with Gasteiger partial charge in [-0.3, -0.25) is 14.0 Å². The van der Waals surface area contributed by atoms with Crippen molar-refractivity contribution >= 4 is 54.0 Å². The second-order valence-corrected chi connectivity index (χ2v) is 11.2. The summed E-state index contributed by atoms with van der Waals surface area (Å²) in [5, 5.41) is 30.1. The van der Waals surface area contributed by atoms with Gasteiger partial charge in [0.2, 0.25) is 0 Å². The highest BCUT2D eigenvalue weighted by Gasteiger charge is 2.24. The molecule has 0 atom stereocenters. The normalized spacial score (nSPS) is 12.0. The number of anilines is 1. The lowest BCUT2D eigenvalue weighted by atomic mass is 10.0. The van der Waals surface area contributed by atoms with E-state index in [4.69, 9.17) is 9.99 Å². The topological polar surface area (TPSA) is 221 Å². The van der Waals surface area contributed by atoms with Crippen LogP contribution in [0.25, 0.3) is 10.8 Å². The lowest BCUT2D eigenvalue weighted by Crippen LogP contribution is -2.12. The highest BCUT2D eigenvalue weighted by atomic mass is 32.2. The molecular formula is C25H21N3O11S2. The number of phenols is 1. The van der Waals surface area contributed by atoms with E-state index < -0.39 is 53.0 Å². The quantitative estimate of drug-likeness (QED) is 0.0570. The first-order valence-corrected chi connectivity index (χ1v) is 14.3. The number of azo groups is 1. The first-order valence-electron chi connectivity index (χ1n) is 11.4. The van der Waals surface area contributed by atoms with E-state index in [-0.39, 0.29) is 28.9 Å². The molecule has 0 saturated carbocycles. The van der Waals surface area contributed by atoms with Crippen molar-refractivity contribution in [3.8, 4) is 11.5 Å². The predicted molar refractivity (Wildman–Crippen MR) is 144 cm³/mol. The zero-order chi connectivity index (χ0) is 29.9. The highest BCUT2D eigenvalue weighted by Crippen LogP contribution is 2.42. The van der Waals surface area contributed by atoms with E-state index in [9.17, 15) is 35.8 Å². The van der Waals surface area contributed by atoms with Gasteiger partial charge in [0.25, 0.3) is 20.2 Å². The fourth-order valence-corrected chi connectivity index (χ4v) is 5.18. The second kappa shape index (κ2) is 11.5. The maximum atomic E-state index is 12.3. The smallest absolute Gasteiger partial charge is 0.375 e. The van der Waals surface area contributed by atoms with Gasteiger partial charge in [0.15, 0.2) is 12.5 Å². The standard InChI is InChI=1S/C25H21N3O11S2/c1-14-7-8-19(21(9-14)40(32,33)34)27-28-23-18(25(30)39-31)10-15-11-22(41(35,36)37)20(12-17(15)24(23)29)26-13-38-16-5-3-2-4-6-16/h2-12,26,29,31H,13H2,1H3,(H,32,33,34)(H,35,36,37). The van der Waals surface area contributed by atoms with Crippen LogP contribution in [0.3, 0.4) is 0 Å². The van der Waals surface area contributed by atoms with Gasteiger partial charge in [0, 0.05) is 5.39 Å². The molecule has 0 aliphatic carbocycles. The number of ether oxygens (including phenoxy) is 1. The number of fused-ring (bicyclic) bond motifs is 1.